The molecule has 1 N–H and O–H groups in total. The molecular weight excluding hydrogens is 396 g/mol. The first-order valence-corrected chi connectivity index (χ1v) is 9.60. The van der Waals surface area contributed by atoms with Crippen molar-refractivity contribution >= 4 is 23.4 Å². The van der Waals surface area contributed by atoms with Crippen LogP contribution in [0.15, 0.2) is 66.7 Å². The summed E-state index contributed by atoms with van der Waals surface area (Å²) in [6.45, 7) is 0.188. The van der Waals surface area contributed by atoms with E-state index in [1.165, 1.54) is 25.2 Å². The van der Waals surface area contributed by atoms with Crippen LogP contribution < -0.4 is 14.8 Å². The number of anilines is 1. The Morgan fingerprint density at radius 3 is 2.13 bits per heavy atom. The van der Waals surface area contributed by atoms with E-state index in [2.05, 4.69) is 5.32 Å². The van der Waals surface area contributed by atoms with E-state index in [0.717, 1.165) is 5.56 Å². The second-order valence-electron chi connectivity index (χ2n) is 6.93. The fraction of sp³-hybridized carbons (Fsp3) is 0.125. The molecule has 0 saturated carbocycles. The zero-order valence-corrected chi connectivity index (χ0v) is 17.0. The molecule has 1 aliphatic rings. The van der Waals surface area contributed by atoms with Crippen molar-refractivity contribution in [1.29, 1.82) is 0 Å². The first kappa shape index (κ1) is 20.2. The Labute approximate surface area is 179 Å². The van der Waals surface area contributed by atoms with Crippen molar-refractivity contribution < 1.29 is 23.9 Å². The normalized spacial score (nSPS) is 12.5. The van der Waals surface area contributed by atoms with Crippen LogP contribution in [0.4, 0.5) is 5.69 Å². The van der Waals surface area contributed by atoms with Gasteiger partial charge in [-0.15, -0.1) is 0 Å². The van der Waals surface area contributed by atoms with Gasteiger partial charge in [0.2, 0.25) is 0 Å². The van der Waals surface area contributed by atoms with E-state index in [4.69, 9.17) is 9.47 Å². The second kappa shape index (κ2) is 8.31. The molecule has 4 rings (SSSR count). The lowest BCUT2D eigenvalue weighted by atomic mass is 10.1. The SMILES string of the molecule is COc1cccc(OC)c1C(=O)Nc1ccc2c(c1)C(=O)N(Cc1ccccc1)C2=O. The summed E-state index contributed by atoms with van der Waals surface area (Å²) >= 11 is 0. The standard InChI is InChI=1S/C24H20N2O5/c1-30-19-9-6-10-20(31-2)21(19)22(27)25-16-11-12-17-18(13-16)24(29)26(23(17)28)14-15-7-4-3-5-8-15/h3-13H,14H2,1-2H3,(H,25,27). The lowest BCUT2D eigenvalue weighted by molar-refractivity contribution is 0.0642. The fourth-order valence-electron chi connectivity index (χ4n) is 3.55. The highest BCUT2D eigenvalue weighted by molar-refractivity contribution is 6.22. The highest BCUT2D eigenvalue weighted by Crippen LogP contribution is 2.31. The van der Waals surface area contributed by atoms with E-state index in [1.807, 2.05) is 30.3 Å². The summed E-state index contributed by atoms with van der Waals surface area (Å²) in [5, 5.41) is 2.76. The summed E-state index contributed by atoms with van der Waals surface area (Å²) in [6.07, 6.45) is 0. The van der Waals surface area contributed by atoms with Crippen LogP contribution in [-0.4, -0.2) is 36.8 Å². The van der Waals surface area contributed by atoms with Crippen molar-refractivity contribution in [1.82, 2.24) is 4.90 Å². The third-order valence-electron chi connectivity index (χ3n) is 5.07. The molecule has 3 aromatic carbocycles. The summed E-state index contributed by atoms with van der Waals surface area (Å²) in [6, 6.07) is 19.0. The fourth-order valence-corrected chi connectivity index (χ4v) is 3.55. The topological polar surface area (TPSA) is 84.9 Å². The van der Waals surface area contributed by atoms with Crippen LogP contribution in [-0.2, 0) is 6.54 Å². The molecule has 156 valence electrons. The van der Waals surface area contributed by atoms with Gasteiger partial charge in [0.25, 0.3) is 17.7 Å². The molecule has 3 amide bonds. The van der Waals surface area contributed by atoms with Gasteiger partial charge in [0, 0.05) is 5.69 Å². The van der Waals surface area contributed by atoms with E-state index >= 15 is 0 Å². The Kier molecular flexibility index (Phi) is 5.41. The Hall–Kier alpha value is -4.13. The number of ether oxygens (including phenoxy) is 2. The van der Waals surface area contributed by atoms with Gasteiger partial charge >= 0.3 is 0 Å². The van der Waals surface area contributed by atoms with Gasteiger partial charge < -0.3 is 14.8 Å². The zero-order valence-electron chi connectivity index (χ0n) is 17.0. The van der Waals surface area contributed by atoms with E-state index in [0.29, 0.717) is 22.7 Å². The van der Waals surface area contributed by atoms with Gasteiger partial charge in [-0.2, -0.15) is 0 Å². The van der Waals surface area contributed by atoms with Gasteiger partial charge in [-0.1, -0.05) is 36.4 Å². The predicted molar refractivity (Wildman–Crippen MR) is 115 cm³/mol. The Bertz CT molecular complexity index is 1150. The zero-order chi connectivity index (χ0) is 22.0. The highest BCUT2D eigenvalue weighted by atomic mass is 16.5. The molecule has 0 aliphatic carbocycles. The molecule has 31 heavy (non-hydrogen) atoms. The van der Waals surface area contributed by atoms with Gasteiger partial charge in [0.1, 0.15) is 17.1 Å². The van der Waals surface area contributed by atoms with E-state index in [1.54, 1.807) is 30.3 Å². The van der Waals surface area contributed by atoms with Gasteiger partial charge in [-0.25, -0.2) is 0 Å². The van der Waals surface area contributed by atoms with Crippen LogP contribution in [0, 0.1) is 0 Å². The quantitative estimate of drug-likeness (QED) is 0.619. The predicted octanol–water partition coefficient (Wildman–Crippen LogP) is 3.75. The molecule has 3 aromatic rings. The number of rotatable bonds is 6. The minimum absolute atomic E-state index is 0.188. The smallest absolute Gasteiger partial charge is 0.263 e. The number of carbonyl (C=O) groups is 3. The number of nitrogens with one attached hydrogen (secondary N) is 1. The van der Waals surface area contributed by atoms with Crippen LogP contribution >= 0.6 is 0 Å². The Morgan fingerprint density at radius 1 is 0.839 bits per heavy atom. The lowest BCUT2D eigenvalue weighted by Gasteiger charge is -2.13. The molecule has 0 bridgehead atoms. The number of benzene rings is 3. The largest absolute Gasteiger partial charge is 0.496 e. The molecule has 1 aliphatic heterocycles. The number of imide groups is 1. The molecule has 7 nitrogen and oxygen atoms in total. The number of nitrogens with zero attached hydrogens (tertiary/aromatic N) is 1. The minimum Gasteiger partial charge on any atom is -0.496 e. The Morgan fingerprint density at radius 2 is 1.48 bits per heavy atom. The first-order valence-electron chi connectivity index (χ1n) is 9.60. The van der Waals surface area contributed by atoms with Crippen LogP contribution in [0.3, 0.4) is 0 Å². The maximum Gasteiger partial charge on any atom is 0.263 e. The molecule has 0 spiro atoms. The molecule has 0 aromatic heterocycles. The average molecular weight is 416 g/mol. The van der Waals surface area contributed by atoms with Crippen molar-refractivity contribution in [2.75, 3.05) is 19.5 Å². The van der Waals surface area contributed by atoms with Crippen molar-refractivity contribution in [3.05, 3.63) is 89.0 Å². The minimum atomic E-state index is -0.452. The van der Waals surface area contributed by atoms with Crippen molar-refractivity contribution in [2.45, 2.75) is 6.54 Å². The van der Waals surface area contributed by atoms with Crippen molar-refractivity contribution in [3.63, 3.8) is 0 Å². The number of amides is 3. The van der Waals surface area contributed by atoms with Crippen LogP contribution in [0.5, 0.6) is 11.5 Å². The summed E-state index contributed by atoms with van der Waals surface area (Å²) in [4.78, 5) is 39.7. The Balaban J connectivity index is 1.59. The third-order valence-corrected chi connectivity index (χ3v) is 5.07. The molecule has 0 radical (unpaired) electrons. The molecule has 0 unspecified atom stereocenters. The second-order valence-corrected chi connectivity index (χ2v) is 6.93. The van der Waals surface area contributed by atoms with Crippen molar-refractivity contribution in [3.8, 4) is 11.5 Å². The molecule has 1 heterocycles. The number of fused-ring (bicyclic) bond motifs is 1. The van der Waals surface area contributed by atoms with E-state index in [9.17, 15) is 14.4 Å². The van der Waals surface area contributed by atoms with E-state index < -0.39 is 11.8 Å². The maximum atomic E-state index is 12.9. The van der Waals surface area contributed by atoms with Crippen LogP contribution in [0.25, 0.3) is 0 Å². The van der Waals surface area contributed by atoms with Gasteiger partial charge in [-0.05, 0) is 35.9 Å². The summed E-state index contributed by atoms with van der Waals surface area (Å²) < 4.78 is 10.6. The van der Waals surface area contributed by atoms with Gasteiger partial charge in [-0.3, -0.25) is 19.3 Å². The molecule has 0 fully saturated rings. The number of hydrogen-bond acceptors (Lipinski definition) is 5. The van der Waals surface area contributed by atoms with Crippen LogP contribution in [0.1, 0.15) is 36.6 Å². The number of methoxy groups -OCH3 is 2. The summed E-state index contributed by atoms with van der Waals surface area (Å²) in [7, 11) is 2.93. The molecule has 7 heteroatoms. The summed E-state index contributed by atoms with van der Waals surface area (Å²) in [5.41, 5.74) is 2.05. The molecule has 0 saturated heterocycles. The van der Waals surface area contributed by atoms with Crippen molar-refractivity contribution in [2.24, 2.45) is 0 Å². The summed E-state index contributed by atoms with van der Waals surface area (Å²) in [5.74, 6) is -0.480. The average Bonchev–Trinajstić information content (AvgIpc) is 3.03. The van der Waals surface area contributed by atoms with Gasteiger partial charge in [0.15, 0.2) is 0 Å². The maximum absolute atomic E-state index is 12.9. The number of carbonyl (C=O) groups excluding carboxylic acids is 3. The third kappa shape index (κ3) is 3.73. The molecular formula is C24H20N2O5. The first-order chi connectivity index (χ1) is 15.0. The van der Waals surface area contributed by atoms with Crippen LogP contribution in [0.2, 0.25) is 0 Å². The lowest BCUT2D eigenvalue weighted by Crippen LogP contribution is -2.29. The molecule has 0 atom stereocenters. The number of hydrogen-bond donors (Lipinski definition) is 1. The van der Waals surface area contributed by atoms with E-state index in [-0.39, 0.29) is 23.6 Å². The highest BCUT2D eigenvalue weighted by Gasteiger charge is 2.35. The van der Waals surface area contributed by atoms with Gasteiger partial charge in [0.05, 0.1) is 31.9 Å². The monoisotopic (exact) mass is 416 g/mol.